The van der Waals surface area contributed by atoms with Crippen LogP contribution < -0.4 is 13.7 Å². The zero-order valence-electron chi connectivity index (χ0n) is 15.0. The molecule has 1 unspecified atom stereocenters. The van der Waals surface area contributed by atoms with Crippen molar-refractivity contribution < 1.29 is 40.4 Å². The minimum absolute atomic E-state index is 0.0528. The molecule has 0 bridgehead atoms. The fraction of sp³-hybridized carbons (Fsp3) is 0.188. The van der Waals surface area contributed by atoms with E-state index in [-0.39, 0.29) is 27.2 Å². The van der Waals surface area contributed by atoms with Crippen LogP contribution in [0.5, 0.6) is 17.2 Å². The van der Waals surface area contributed by atoms with Crippen LogP contribution in [0.1, 0.15) is 5.56 Å². The number of nitrogens with zero attached hydrogens (tertiary/aromatic N) is 3. The number of hydrogen-bond donors (Lipinski definition) is 0. The second kappa shape index (κ2) is 7.05. The zero-order chi connectivity index (χ0) is 22.7. The van der Waals surface area contributed by atoms with Crippen LogP contribution in [0.3, 0.4) is 0 Å². The number of nitro benzene ring substituents is 1. The molecule has 2 aromatic carbocycles. The maximum atomic E-state index is 13.5. The molecule has 1 atom stereocenters. The summed E-state index contributed by atoms with van der Waals surface area (Å²) in [6.07, 6.45) is -9.84. The lowest BCUT2D eigenvalue weighted by Gasteiger charge is -2.31. The van der Waals surface area contributed by atoms with E-state index in [1.165, 1.54) is 12.1 Å². The number of aromatic nitrogens is 2. The molecule has 0 fully saturated rings. The number of aryl methyl sites for hydroxylation is 1. The predicted molar refractivity (Wildman–Crippen MR) is 101 cm³/mol. The summed E-state index contributed by atoms with van der Waals surface area (Å²) in [6.45, 7) is 1.56. The highest BCUT2D eigenvalue weighted by atomic mass is 79.9. The minimum atomic E-state index is -4.94. The molecule has 3 aromatic rings. The van der Waals surface area contributed by atoms with E-state index in [4.69, 9.17) is 4.18 Å². The van der Waals surface area contributed by atoms with Gasteiger partial charge in [0.1, 0.15) is 0 Å². The van der Waals surface area contributed by atoms with Crippen molar-refractivity contribution in [1.82, 2.24) is 8.96 Å². The first-order valence-corrected chi connectivity index (χ1v) is 9.93. The molecule has 0 spiro atoms. The van der Waals surface area contributed by atoms with E-state index < -0.39 is 39.9 Å². The van der Waals surface area contributed by atoms with Gasteiger partial charge >= 0.3 is 23.5 Å². The molecular weight excluding hydrogens is 518 g/mol. The van der Waals surface area contributed by atoms with Gasteiger partial charge in [-0.2, -0.15) is 21.8 Å². The van der Waals surface area contributed by atoms with Crippen molar-refractivity contribution in [2.24, 2.45) is 0 Å². The molecule has 15 heteroatoms. The zero-order valence-corrected chi connectivity index (χ0v) is 17.4. The molecule has 4 rings (SSSR count). The summed E-state index contributed by atoms with van der Waals surface area (Å²) in [4.78, 5) is 14.3. The van der Waals surface area contributed by atoms with Gasteiger partial charge in [0.15, 0.2) is 22.0 Å². The molecule has 1 aromatic heterocycles. The standard InChI is InChI=1S/C16H8BrF4N3O6S/c1-7-2-3-8(24(25)26)4-11(7)30-31(27)23-10-6-13-12(5-9(10)22-14(23)17)28-15(18,19)16(20,21)29-13/h2-6H,1H3. The highest BCUT2D eigenvalue weighted by molar-refractivity contribution is 9.10. The Morgan fingerprint density at radius 2 is 1.77 bits per heavy atom. The Morgan fingerprint density at radius 1 is 1.16 bits per heavy atom. The molecule has 31 heavy (non-hydrogen) atoms. The number of alkyl halides is 4. The number of rotatable bonds is 4. The first-order chi connectivity index (χ1) is 14.4. The van der Waals surface area contributed by atoms with Gasteiger partial charge in [0.25, 0.3) is 5.69 Å². The summed E-state index contributed by atoms with van der Waals surface area (Å²) in [7, 11) is 0. The molecular formula is C16H8BrF4N3O6S. The monoisotopic (exact) mass is 525 g/mol. The van der Waals surface area contributed by atoms with Crippen molar-refractivity contribution in [3.8, 4) is 17.2 Å². The van der Waals surface area contributed by atoms with Gasteiger partial charge in [-0.05, 0) is 34.5 Å². The van der Waals surface area contributed by atoms with E-state index in [0.717, 1.165) is 22.2 Å². The fourth-order valence-corrected chi connectivity index (χ4v) is 4.25. The van der Waals surface area contributed by atoms with Gasteiger partial charge in [-0.15, -0.1) is 0 Å². The van der Waals surface area contributed by atoms with Crippen LogP contribution in [0.25, 0.3) is 11.0 Å². The topological polar surface area (TPSA) is 106 Å². The number of hydrogen-bond acceptors (Lipinski definition) is 7. The molecule has 0 N–H and O–H groups in total. The molecule has 0 saturated heterocycles. The van der Waals surface area contributed by atoms with Gasteiger partial charge in [0, 0.05) is 18.2 Å². The summed E-state index contributed by atoms with van der Waals surface area (Å²) in [6, 6.07) is 5.46. The highest BCUT2D eigenvalue weighted by Gasteiger charge is 2.66. The van der Waals surface area contributed by atoms with E-state index in [1.54, 1.807) is 6.92 Å². The quantitative estimate of drug-likeness (QED) is 0.281. The third kappa shape index (κ3) is 3.56. The summed E-state index contributed by atoms with van der Waals surface area (Å²) >= 11 is 0.622. The summed E-state index contributed by atoms with van der Waals surface area (Å²) in [5, 5.41) is 11.0. The Labute approximate surface area is 180 Å². The number of benzene rings is 2. The number of nitro groups is 1. The van der Waals surface area contributed by atoms with Crippen LogP contribution in [0.15, 0.2) is 35.1 Å². The molecule has 9 nitrogen and oxygen atoms in total. The SMILES string of the molecule is Cc1ccc([N+](=O)[O-])cc1OS(=O)n1c(Br)nc2cc3c(cc21)OC(F)(F)C(F)(F)O3. The number of imidazole rings is 1. The average molecular weight is 526 g/mol. The van der Waals surface area contributed by atoms with Crippen molar-refractivity contribution in [2.45, 2.75) is 19.1 Å². The maximum absolute atomic E-state index is 13.5. The smallest absolute Gasteiger partial charge is 0.421 e. The lowest BCUT2D eigenvalue weighted by Crippen LogP contribution is -2.52. The third-order valence-corrected chi connectivity index (χ3v) is 5.90. The lowest BCUT2D eigenvalue weighted by molar-refractivity contribution is -0.391. The van der Waals surface area contributed by atoms with Crippen LogP contribution in [-0.2, 0) is 11.3 Å². The summed E-state index contributed by atoms with van der Waals surface area (Å²) in [5.41, 5.74) is -0.0231. The maximum Gasteiger partial charge on any atom is 0.507 e. The molecule has 1 aliphatic heterocycles. The van der Waals surface area contributed by atoms with Crippen molar-refractivity contribution in [2.75, 3.05) is 0 Å². The molecule has 0 amide bonds. The Balaban J connectivity index is 1.76. The average Bonchev–Trinajstić information content (AvgIpc) is 2.96. The first-order valence-electron chi connectivity index (χ1n) is 8.11. The van der Waals surface area contributed by atoms with Crippen LogP contribution in [0.4, 0.5) is 23.2 Å². The third-order valence-electron chi connectivity index (χ3n) is 4.15. The van der Waals surface area contributed by atoms with Gasteiger partial charge < -0.3 is 13.7 Å². The lowest BCUT2D eigenvalue weighted by atomic mass is 10.2. The van der Waals surface area contributed by atoms with E-state index in [0.29, 0.717) is 5.56 Å². The number of non-ortho nitro benzene ring substituents is 1. The Kier molecular flexibility index (Phi) is 4.84. The van der Waals surface area contributed by atoms with Crippen molar-refractivity contribution >= 4 is 43.9 Å². The fourth-order valence-electron chi connectivity index (χ4n) is 2.64. The van der Waals surface area contributed by atoms with Crippen molar-refractivity contribution in [3.05, 3.63) is 50.7 Å². The highest BCUT2D eigenvalue weighted by Crippen LogP contribution is 2.48. The Morgan fingerprint density at radius 3 is 2.39 bits per heavy atom. The van der Waals surface area contributed by atoms with Gasteiger partial charge in [0.05, 0.1) is 22.0 Å². The molecule has 0 radical (unpaired) electrons. The Bertz CT molecular complexity index is 1270. The second-order valence-corrected chi connectivity index (χ2v) is 7.88. The first kappa shape index (κ1) is 21.3. The van der Waals surface area contributed by atoms with E-state index in [9.17, 15) is 31.9 Å². The minimum Gasteiger partial charge on any atom is -0.421 e. The van der Waals surface area contributed by atoms with Gasteiger partial charge in [-0.1, -0.05) is 0 Å². The molecule has 0 aliphatic carbocycles. The molecule has 0 saturated carbocycles. The van der Waals surface area contributed by atoms with Crippen LogP contribution in [0, 0.1) is 17.0 Å². The van der Waals surface area contributed by atoms with E-state index in [2.05, 4.69) is 30.4 Å². The van der Waals surface area contributed by atoms with Crippen LogP contribution >= 0.6 is 15.9 Å². The number of ether oxygens (including phenoxy) is 2. The normalized spacial score (nSPS) is 17.4. The van der Waals surface area contributed by atoms with Gasteiger partial charge in [0.2, 0.25) is 0 Å². The molecule has 164 valence electrons. The van der Waals surface area contributed by atoms with Gasteiger partial charge in [-0.3, -0.25) is 10.1 Å². The molecule has 2 heterocycles. The van der Waals surface area contributed by atoms with Crippen molar-refractivity contribution in [3.63, 3.8) is 0 Å². The van der Waals surface area contributed by atoms with Crippen molar-refractivity contribution in [1.29, 1.82) is 0 Å². The van der Waals surface area contributed by atoms with Gasteiger partial charge in [-0.25, -0.2) is 8.96 Å². The predicted octanol–water partition coefficient (Wildman–Crippen LogP) is 4.48. The van der Waals surface area contributed by atoms with E-state index >= 15 is 0 Å². The number of halogens is 5. The van der Waals surface area contributed by atoms with Crippen LogP contribution in [-0.4, -0.2) is 30.3 Å². The summed E-state index contributed by atoms with van der Waals surface area (Å²) < 4.78 is 80.8. The Hall–Kier alpha value is -2.94. The van der Waals surface area contributed by atoms with Crippen LogP contribution in [0.2, 0.25) is 0 Å². The molecule has 1 aliphatic rings. The summed E-state index contributed by atoms with van der Waals surface area (Å²) in [5.74, 6) is -1.51. The van der Waals surface area contributed by atoms with E-state index in [1.807, 2.05) is 0 Å². The largest absolute Gasteiger partial charge is 0.507 e. The second-order valence-electron chi connectivity index (χ2n) is 6.21. The number of fused-ring (bicyclic) bond motifs is 2.